The fourth-order valence-corrected chi connectivity index (χ4v) is 4.44. The lowest BCUT2D eigenvalue weighted by atomic mass is 9.88. The van der Waals surface area contributed by atoms with Gasteiger partial charge in [0.25, 0.3) is 5.91 Å². The minimum absolute atomic E-state index is 0.0498. The number of aromatic hydroxyl groups is 1. The minimum atomic E-state index is -3.97. The summed E-state index contributed by atoms with van der Waals surface area (Å²) in [7, 11) is -3.97. The first-order chi connectivity index (χ1) is 12.8. The molecule has 0 saturated carbocycles. The van der Waals surface area contributed by atoms with Crippen LogP contribution in [0.5, 0.6) is 5.75 Å². The quantitative estimate of drug-likeness (QED) is 0.698. The summed E-state index contributed by atoms with van der Waals surface area (Å²) in [6.07, 6.45) is 0.612. The molecule has 0 bridgehead atoms. The molecule has 1 saturated heterocycles. The maximum atomic E-state index is 11.9. The second kappa shape index (κ2) is 7.58. The molecule has 0 aromatic heterocycles. The molecule has 2 unspecified atom stereocenters. The van der Waals surface area contributed by atoms with Crippen LogP contribution in [-0.4, -0.2) is 31.1 Å². The predicted octanol–water partition coefficient (Wildman–Crippen LogP) is 1.88. The van der Waals surface area contributed by atoms with Crippen molar-refractivity contribution < 1.29 is 23.4 Å². The maximum Gasteiger partial charge on any atom is 0.326 e. The molecule has 27 heavy (non-hydrogen) atoms. The van der Waals surface area contributed by atoms with Gasteiger partial charge >= 0.3 is 10.2 Å². The zero-order valence-corrected chi connectivity index (χ0v) is 15.7. The Morgan fingerprint density at radius 2 is 1.89 bits per heavy atom. The van der Waals surface area contributed by atoms with Gasteiger partial charge in [0.05, 0.1) is 11.8 Å². The van der Waals surface area contributed by atoms with Gasteiger partial charge in [-0.3, -0.25) is 4.79 Å². The standard InChI is InChI=1S/C19H22N2O5S/c1-2-14(19(24)15-6-4-3-5-7-15)10-13-8-9-16(17(22)11-13)21-12-18(23)20-27(21,25)26/h3-9,11,14,19,22,24H,2,10,12H2,1H3,(H,20,23). The van der Waals surface area contributed by atoms with Gasteiger partial charge < -0.3 is 10.2 Å². The molecule has 0 aliphatic carbocycles. The number of carbonyl (C=O) groups is 1. The normalized spacial score (nSPS) is 18.1. The van der Waals surface area contributed by atoms with Crippen LogP contribution in [0.4, 0.5) is 5.69 Å². The number of hydrogen-bond donors (Lipinski definition) is 3. The summed E-state index contributed by atoms with van der Waals surface area (Å²) in [4.78, 5) is 11.4. The van der Waals surface area contributed by atoms with Crippen molar-refractivity contribution in [3.63, 3.8) is 0 Å². The monoisotopic (exact) mass is 390 g/mol. The molecule has 7 nitrogen and oxygen atoms in total. The van der Waals surface area contributed by atoms with Crippen LogP contribution in [0.2, 0.25) is 0 Å². The van der Waals surface area contributed by atoms with Gasteiger partial charge in [0.2, 0.25) is 0 Å². The maximum absolute atomic E-state index is 11.9. The molecule has 2 aromatic rings. The summed E-state index contributed by atoms with van der Waals surface area (Å²) in [5.74, 6) is -0.927. The second-order valence-electron chi connectivity index (χ2n) is 6.59. The van der Waals surface area contributed by atoms with Gasteiger partial charge in [-0.05, 0) is 35.6 Å². The molecule has 1 heterocycles. The number of rotatable bonds is 6. The Balaban J connectivity index is 1.80. The number of aliphatic hydroxyl groups excluding tert-OH is 1. The number of aliphatic hydroxyl groups is 1. The van der Waals surface area contributed by atoms with Crippen molar-refractivity contribution in [1.29, 1.82) is 0 Å². The van der Waals surface area contributed by atoms with Gasteiger partial charge in [-0.1, -0.05) is 49.7 Å². The van der Waals surface area contributed by atoms with Gasteiger partial charge in [-0.2, -0.15) is 8.42 Å². The van der Waals surface area contributed by atoms with Gasteiger partial charge in [-0.25, -0.2) is 9.03 Å². The summed E-state index contributed by atoms with van der Waals surface area (Å²) in [5, 5.41) is 20.9. The van der Waals surface area contributed by atoms with Gasteiger partial charge in [0, 0.05) is 0 Å². The van der Waals surface area contributed by atoms with E-state index in [1.807, 2.05) is 42.0 Å². The highest BCUT2D eigenvalue weighted by Crippen LogP contribution is 2.34. The number of nitrogens with zero attached hydrogens (tertiary/aromatic N) is 1. The van der Waals surface area contributed by atoms with Crippen molar-refractivity contribution in [2.75, 3.05) is 10.8 Å². The number of phenols is 1. The van der Waals surface area contributed by atoms with E-state index < -0.39 is 22.2 Å². The summed E-state index contributed by atoms with van der Waals surface area (Å²) in [5.41, 5.74) is 1.65. The molecule has 0 radical (unpaired) electrons. The first kappa shape index (κ1) is 19.2. The Morgan fingerprint density at radius 3 is 2.44 bits per heavy atom. The van der Waals surface area contributed by atoms with Crippen LogP contribution >= 0.6 is 0 Å². The van der Waals surface area contributed by atoms with E-state index in [0.717, 1.165) is 21.9 Å². The number of anilines is 1. The van der Waals surface area contributed by atoms with Crippen LogP contribution in [0.1, 0.15) is 30.6 Å². The molecule has 2 aromatic carbocycles. The minimum Gasteiger partial charge on any atom is -0.506 e. The molecule has 1 amide bonds. The van der Waals surface area contributed by atoms with E-state index in [2.05, 4.69) is 0 Å². The number of carbonyl (C=O) groups excluding carboxylic acids is 1. The van der Waals surface area contributed by atoms with E-state index in [4.69, 9.17) is 0 Å². The molecule has 2 atom stereocenters. The zero-order valence-electron chi connectivity index (χ0n) is 14.9. The predicted molar refractivity (Wildman–Crippen MR) is 101 cm³/mol. The van der Waals surface area contributed by atoms with Crippen molar-refractivity contribution in [3.8, 4) is 5.75 Å². The number of hydrogen-bond acceptors (Lipinski definition) is 5. The SMILES string of the molecule is CCC(Cc1ccc(N2CC(=O)NS2(=O)=O)c(O)c1)C(O)c1ccccc1. The molecule has 0 spiro atoms. The number of benzene rings is 2. The Labute approximate surface area is 158 Å². The van der Waals surface area contributed by atoms with E-state index in [0.29, 0.717) is 6.42 Å². The first-order valence-corrected chi connectivity index (χ1v) is 10.1. The van der Waals surface area contributed by atoms with Crippen molar-refractivity contribution in [2.24, 2.45) is 5.92 Å². The van der Waals surface area contributed by atoms with Gasteiger partial charge in [0.1, 0.15) is 12.3 Å². The van der Waals surface area contributed by atoms with E-state index in [1.165, 1.54) is 12.1 Å². The molecule has 3 rings (SSSR count). The highest BCUT2D eigenvalue weighted by Gasteiger charge is 2.35. The van der Waals surface area contributed by atoms with Crippen LogP contribution in [0.3, 0.4) is 0 Å². The molecule has 1 aliphatic heterocycles. The topological polar surface area (TPSA) is 107 Å². The molecule has 3 N–H and O–H groups in total. The van der Waals surface area contributed by atoms with E-state index in [-0.39, 0.29) is 23.9 Å². The van der Waals surface area contributed by atoms with E-state index in [1.54, 1.807) is 6.07 Å². The smallest absolute Gasteiger partial charge is 0.326 e. The Bertz CT molecular complexity index is 930. The summed E-state index contributed by atoms with van der Waals surface area (Å²) >= 11 is 0. The fraction of sp³-hybridized carbons (Fsp3) is 0.316. The summed E-state index contributed by atoms with van der Waals surface area (Å²) < 4.78 is 26.6. The lowest BCUT2D eigenvalue weighted by Crippen LogP contribution is -2.29. The van der Waals surface area contributed by atoms with Crippen LogP contribution in [0.15, 0.2) is 48.5 Å². The van der Waals surface area contributed by atoms with Crippen molar-refractivity contribution >= 4 is 21.8 Å². The summed E-state index contributed by atoms with van der Waals surface area (Å²) in [6.45, 7) is 1.62. The molecule has 1 fully saturated rings. The molecule has 144 valence electrons. The molecule has 1 aliphatic rings. The van der Waals surface area contributed by atoms with Crippen molar-refractivity contribution in [1.82, 2.24) is 4.72 Å². The van der Waals surface area contributed by atoms with Crippen molar-refractivity contribution in [2.45, 2.75) is 25.9 Å². The molecule has 8 heteroatoms. The number of nitrogens with one attached hydrogen (secondary N) is 1. The van der Waals surface area contributed by atoms with E-state index >= 15 is 0 Å². The molecular weight excluding hydrogens is 368 g/mol. The third kappa shape index (κ3) is 4.06. The van der Waals surface area contributed by atoms with Crippen LogP contribution in [0, 0.1) is 5.92 Å². The number of phenolic OH excluding ortho intramolecular Hbond substituents is 1. The average Bonchev–Trinajstić information content (AvgIpc) is 2.92. The van der Waals surface area contributed by atoms with Gasteiger partial charge in [0.15, 0.2) is 0 Å². The lowest BCUT2D eigenvalue weighted by Gasteiger charge is -2.23. The third-order valence-corrected chi connectivity index (χ3v) is 6.13. The Morgan fingerprint density at radius 1 is 1.19 bits per heavy atom. The average molecular weight is 390 g/mol. The van der Waals surface area contributed by atoms with Crippen LogP contribution in [0.25, 0.3) is 0 Å². The van der Waals surface area contributed by atoms with E-state index in [9.17, 15) is 23.4 Å². The lowest BCUT2D eigenvalue weighted by molar-refractivity contribution is -0.117. The highest BCUT2D eigenvalue weighted by molar-refractivity contribution is 7.92. The third-order valence-electron chi connectivity index (χ3n) is 4.74. The second-order valence-corrected chi connectivity index (χ2v) is 8.18. The number of amides is 1. The fourth-order valence-electron chi connectivity index (χ4n) is 3.27. The van der Waals surface area contributed by atoms with Crippen molar-refractivity contribution in [3.05, 3.63) is 59.7 Å². The van der Waals surface area contributed by atoms with Crippen LogP contribution < -0.4 is 9.03 Å². The first-order valence-electron chi connectivity index (χ1n) is 8.70. The van der Waals surface area contributed by atoms with Crippen LogP contribution in [-0.2, 0) is 21.4 Å². The zero-order chi connectivity index (χ0) is 19.6. The highest BCUT2D eigenvalue weighted by atomic mass is 32.2. The summed E-state index contributed by atoms with van der Waals surface area (Å²) in [6, 6.07) is 14.0. The Kier molecular flexibility index (Phi) is 5.38. The molecular formula is C19H22N2O5S. The van der Waals surface area contributed by atoms with Gasteiger partial charge in [-0.15, -0.1) is 0 Å². The Hall–Kier alpha value is -2.58. The largest absolute Gasteiger partial charge is 0.506 e.